The van der Waals surface area contributed by atoms with Crippen molar-refractivity contribution in [3.8, 4) is 17.2 Å². The molecule has 1 heterocycles. The van der Waals surface area contributed by atoms with Gasteiger partial charge in [0.25, 0.3) is 0 Å². The normalized spacial score (nSPS) is 12.4. The van der Waals surface area contributed by atoms with Crippen molar-refractivity contribution in [1.82, 2.24) is 0 Å². The number of anilines is 1. The lowest BCUT2D eigenvalue weighted by Crippen LogP contribution is -2.19. The number of fused-ring (bicyclic) bond motifs is 1. The molecule has 6 nitrogen and oxygen atoms in total. The van der Waals surface area contributed by atoms with Crippen LogP contribution < -0.4 is 19.5 Å². The summed E-state index contributed by atoms with van der Waals surface area (Å²) in [6.45, 7) is 3.30. The molecule has 0 aliphatic carbocycles. The lowest BCUT2D eigenvalue weighted by molar-refractivity contribution is 0.159. The van der Waals surface area contributed by atoms with Gasteiger partial charge in [-0.1, -0.05) is 30.3 Å². The van der Waals surface area contributed by atoms with Gasteiger partial charge in [0.1, 0.15) is 19.8 Å². The first kappa shape index (κ1) is 16.0. The minimum Gasteiger partial charge on any atom is -0.485 e. The molecular formula is C18H19NO5. The number of carbonyl (C=O) groups excluding carboxylic acids is 1. The van der Waals surface area contributed by atoms with Crippen molar-refractivity contribution in [2.45, 2.75) is 13.5 Å². The standard InChI is InChI=1S/C18H19NO5/c1-2-21-18(20)19-14-8-9-15(17-16(14)22-10-11-23-17)24-12-13-6-4-3-5-7-13/h3-9H,2,10-12H2,1H3,(H,19,20). The van der Waals surface area contributed by atoms with Crippen LogP contribution in [0.2, 0.25) is 0 Å². The van der Waals surface area contributed by atoms with Crippen LogP contribution in [0.4, 0.5) is 10.5 Å². The largest absolute Gasteiger partial charge is 0.485 e. The smallest absolute Gasteiger partial charge is 0.411 e. The van der Waals surface area contributed by atoms with Crippen LogP contribution in [0.1, 0.15) is 12.5 Å². The predicted molar refractivity (Wildman–Crippen MR) is 88.9 cm³/mol. The third kappa shape index (κ3) is 3.71. The van der Waals surface area contributed by atoms with E-state index in [-0.39, 0.29) is 0 Å². The van der Waals surface area contributed by atoms with Gasteiger partial charge in [0, 0.05) is 0 Å². The second-order valence-corrected chi connectivity index (χ2v) is 5.09. The van der Waals surface area contributed by atoms with Gasteiger partial charge in [0.15, 0.2) is 11.5 Å². The van der Waals surface area contributed by atoms with Gasteiger partial charge in [-0.05, 0) is 24.6 Å². The fourth-order valence-electron chi connectivity index (χ4n) is 2.34. The van der Waals surface area contributed by atoms with Gasteiger partial charge in [0.2, 0.25) is 5.75 Å². The quantitative estimate of drug-likeness (QED) is 0.908. The SMILES string of the molecule is CCOC(=O)Nc1ccc(OCc2ccccc2)c2c1OCCO2. The molecule has 0 atom stereocenters. The first-order valence-corrected chi connectivity index (χ1v) is 7.81. The van der Waals surface area contributed by atoms with Crippen LogP contribution >= 0.6 is 0 Å². The molecule has 126 valence electrons. The van der Waals surface area contributed by atoms with Crippen molar-refractivity contribution in [1.29, 1.82) is 0 Å². The maximum absolute atomic E-state index is 11.6. The number of rotatable bonds is 5. The molecule has 6 heteroatoms. The maximum atomic E-state index is 11.6. The molecule has 3 rings (SSSR count). The number of hydrogen-bond acceptors (Lipinski definition) is 5. The topological polar surface area (TPSA) is 66.0 Å². The van der Waals surface area contributed by atoms with Gasteiger partial charge in [-0.15, -0.1) is 0 Å². The van der Waals surface area contributed by atoms with E-state index in [0.29, 0.717) is 49.4 Å². The fourth-order valence-corrected chi connectivity index (χ4v) is 2.34. The van der Waals surface area contributed by atoms with Gasteiger partial charge >= 0.3 is 6.09 Å². The summed E-state index contributed by atoms with van der Waals surface area (Å²) < 4.78 is 22.1. The molecule has 1 N–H and O–H groups in total. The third-order valence-electron chi connectivity index (χ3n) is 3.40. The first-order valence-electron chi connectivity index (χ1n) is 7.81. The molecule has 1 amide bonds. The van der Waals surface area contributed by atoms with Crippen molar-refractivity contribution >= 4 is 11.8 Å². The predicted octanol–water partition coefficient (Wildman–Crippen LogP) is 3.61. The second kappa shape index (κ2) is 7.59. The van der Waals surface area contributed by atoms with Gasteiger partial charge in [-0.3, -0.25) is 5.32 Å². The molecule has 0 fully saturated rings. The minimum absolute atomic E-state index is 0.295. The highest BCUT2D eigenvalue weighted by Gasteiger charge is 2.22. The van der Waals surface area contributed by atoms with Crippen molar-refractivity contribution in [3.63, 3.8) is 0 Å². The summed E-state index contributed by atoms with van der Waals surface area (Å²) in [6.07, 6.45) is -0.535. The number of ether oxygens (including phenoxy) is 4. The Bertz CT molecular complexity index is 702. The Balaban J connectivity index is 1.79. The Hall–Kier alpha value is -2.89. The summed E-state index contributed by atoms with van der Waals surface area (Å²) in [5.74, 6) is 1.52. The number of carbonyl (C=O) groups is 1. The molecular weight excluding hydrogens is 310 g/mol. The zero-order valence-electron chi connectivity index (χ0n) is 13.4. The Labute approximate surface area is 140 Å². The summed E-state index contributed by atoms with van der Waals surface area (Å²) in [5.41, 5.74) is 1.55. The number of hydrogen-bond donors (Lipinski definition) is 1. The molecule has 24 heavy (non-hydrogen) atoms. The molecule has 2 aromatic rings. The molecule has 1 aliphatic rings. The number of nitrogens with one attached hydrogen (secondary N) is 1. The van der Waals surface area contributed by atoms with E-state index in [4.69, 9.17) is 18.9 Å². The molecule has 0 saturated carbocycles. The van der Waals surface area contributed by atoms with E-state index in [1.165, 1.54) is 0 Å². The minimum atomic E-state index is -0.535. The molecule has 2 aromatic carbocycles. The van der Waals surface area contributed by atoms with E-state index in [9.17, 15) is 4.79 Å². The number of benzene rings is 2. The van der Waals surface area contributed by atoms with Crippen LogP contribution in [-0.4, -0.2) is 25.9 Å². The zero-order chi connectivity index (χ0) is 16.8. The highest BCUT2D eigenvalue weighted by molar-refractivity contribution is 5.88. The molecule has 0 spiro atoms. The van der Waals surface area contributed by atoms with Gasteiger partial charge in [-0.25, -0.2) is 4.79 Å². The van der Waals surface area contributed by atoms with Crippen molar-refractivity contribution < 1.29 is 23.7 Å². The Morgan fingerprint density at radius 2 is 1.83 bits per heavy atom. The fraction of sp³-hybridized carbons (Fsp3) is 0.278. The summed E-state index contributed by atoms with van der Waals surface area (Å²) in [4.78, 5) is 11.6. The monoisotopic (exact) mass is 329 g/mol. The molecule has 0 unspecified atom stereocenters. The first-order chi connectivity index (χ1) is 11.8. The van der Waals surface area contributed by atoms with Crippen LogP contribution in [0.15, 0.2) is 42.5 Å². The van der Waals surface area contributed by atoms with E-state index < -0.39 is 6.09 Å². The average Bonchev–Trinajstić information content (AvgIpc) is 2.62. The Morgan fingerprint density at radius 1 is 1.08 bits per heavy atom. The van der Waals surface area contributed by atoms with Gasteiger partial charge in [-0.2, -0.15) is 0 Å². The summed E-state index contributed by atoms with van der Waals surface area (Å²) in [5, 5.41) is 2.65. The summed E-state index contributed by atoms with van der Waals surface area (Å²) in [7, 11) is 0. The van der Waals surface area contributed by atoms with Crippen LogP contribution in [0.25, 0.3) is 0 Å². The number of amides is 1. The molecule has 0 radical (unpaired) electrons. The highest BCUT2D eigenvalue weighted by atomic mass is 16.6. The summed E-state index contributed by atoms with van der Waals surface area (Å²) >= 11 is 0. The Morgan fingerprint density at radius 3 is 2.58 bits per heavy atom. The van der Waals surface area contributed by atoms with Crippen LogP contribution in [-0.2, 0) is 11.3 Å². The van der Waals surface area contributed by atoms with Gasteiger partial charge in [0.05, 0.1) is 12.3 Å². The van der Waals surface area contributed by atoms with Crippen LogP contribution in [0.3, 0.4) is 0 Å². The van der Waals surface area contributed by atoms with Gasteiger partial charge < -0.3 is 18.9 Å². The third-order valence-corrected chi connectivity index (χ3v) is 3.40. The van der Waals surface area contributed by atoms with Crippen LogP contribution in [0, 0.1) is 0 Å². The molecule has 0 saturated heterocycles. The Kier molecular flexibility index (Phi) is 5.05. The lowest BCUT2D eigenvalue weighted by atomic mass is 10.2. The summed E-state index contributed by atoms with van der Waals surface area (Å²) in [6, 6.07) is 13.3. The maximum Gasteiger partial charge on any atom is 0.411 e. The van der Waals surface area contributed by atoms with Crippen molar-refractivity contribution in [2.75, 3.05) is 25.1 Å². The molecule has 1 aliphatic heterocycles. The average molecular weight is 329 g/mol. The van der Waals surface area contributed by atoms with E-state index in [0.717, 1.165) is 5.56 Å². The lowest BCUT2D eigenvalue weighted by Gasteiger charge is -2.23. The van der Waals surface area contributed by atoms with Crippen molar-refractivity contribution in [2.24, 2.45) is 0 Å². The van der Waals surface area contributed by atoms with E-state index in [1.807, 2.05) is 30.3 Å². The van der Waals surface area contributed by atoms with E-state index in [2.05, 4.69) is 5.32 Å². The highest BCUT2D eigenvalue weighted by Crippen LogP contribution is 2.45. The van der Waals surface area contributed by atoms with E-state index >= 15 is 0 Å². The molecule has 0 bridgehead atoms. The molecule has 0 aromatic heterocycles. The zero-order valence-corrected chi connectivity index (χ0v) is 13.4. The van der Waals surface area contributed by atoms with Crippen LogP contribution in [0.5, 0.6) is 17.2 Å². The van der Waals surface area contributed by atoms with E-state index in [1.54, 1.807) is 19.1 Å². The van der Waals surface area contributed by atoms with Crippen molar-refractivity contribution in [3.05, 3.63) is 48.0 Å². The second-order valence-electron chi connectivity index (χ2n) is 5.09.